The number of halogens is 8. The van der Waals surface area contributed by atoms with Crippen molar-refractivity contribution in [1.29, 1.82) is 0 Å². The first-order valence-electron chi connectivity index (χ1n) is 27.8. The van der Waals surface area contributed by atoms with Crippen LogP contribution in [0.25, 0.3) is 89.7 Å². The van der Waals surface area contributed by atoms with Gasteiger partial charge in [-0.3, -0.25) is 17.9 Å². The summed E-state index contributed by atoms with van der Waals surface area (Å²) in [6, 6.07) is 56.2. The zero-order chi connectivity index (χ0) is 58.5. The Kier molecular flexibility index (Phi) is 25.5. The van der Waals surface area contributed by atoms with E-state index in [-0.39, 0.29) is 119 Å². The zero-order valence-electron chi connectivity index (χ0n) is 53.0. The molecule has 5 heterocycles. The smallest absolute Gasteiger partial charge is 1.00 e. The second kappa shape index (κ2) is 30.2. The average Bonchev–Trinajstić information content (AvgIpc) is 1.62. The molecule has 8 bridgehead atoms. The number of nitrogens with one attached hydrogen (secondary N) is 2. The van der Waals surface area contributed by atoms with E-state index in [1.165, 1.54) is 0 Å². The van der Waals surface area contributed by atoms with Gasteiger partial charge < -0.3 is 128 Å². The topological polar surface area (TPSA) is 146 Å². The summed E-state index contributed by atoms with van der Waals surface area (Å²) in [4.78, 5) is 39.3. The first kappa shape index (κ1) is 78.5. The molecule has 3 aromatic heterocycles. The summed E-state index contributed by atoms with van der Waals surface area (Å²) < 4.78 is 30.2. The van der Waals surface area contributed by atoms with E-state index in [9.17, 15) is 0 Å². The van der Waals surface area contributed by atoms with Gasteiger partial charge in [-0.25, -0.2) is 29.9 Å². The Hall–Kier alpha value is -6.90. The zero-order valence-corrected chi connectivity index (χ0v) is 62.0. The standard InChI is InChI=1S/C68H66N12O4.8ClH.Zn/c1-77(2,3)41-21-17-25-45(33-41)81-57-37-53-55(39-59(57)83-47-27-19-23-43(35-47)79(7,8)9)67-74-65(53)72-63-51-31-15-13-29-49(51)61(70-63)69-62-50-30-14-16-32-52(50)64(71-62)73-66-54-38-58(82-46-26-18-22-42(34-46)78(4,5)6)60(40-56(54)68(75-66)76-67)84-48-28-20-24-44(36-48)80(10,11)12;;;;;;;;;/h13-40H,1-12H3,(H2,69,70,71,72,73,74,75,76);8*1H;/q+4;;;;;;;;;+2/p-8. The maximum Gasteiger partial charge on any atom is 2.00 e. The van der Waals surface area contributed by atoms with Crippen LogP contribution in [0.15, 0.2) is 170 Å². The molecule has 0 amide bonds. The van der Waals surface area contributed by atoms with Gasteiger partial charge in [-0.15, -0.1) is 0 Å². The number of quaternary nitrogens is 4. The first-order valence-corrected chi connectivity index (χ1v) is 27.8. The third kappa shape index (κ3) is 16.1. The molecular formula is C68H66Cl8N12O4Zn-2. The Bertz CT molecular complexity index is 4680. The molecule has 8 aromatic carbocycles. The van der Waals surface area contributed by atoms with Crippen molar-refractivity contribution in [2.45, 2.75) is 0 Å². The molecule has 0 fully saturated rings. The van der Waals surface area contributed by atoms with Crippen molar-refractivity contribution >= 4 is 66.9 Å². The maximum absolute atomic E-state index is 6.97. The quantitative estimate of drug-likeness (QED) is 0.0895. The Morgan fingerprint density at radius 2 is 0.505 bits per heavy atom. The Balaban J connectivity index is 0.00000205. The molecule has 0 aliphatic carbocycles. The predicted octanol–water partition coefficient (Wildman–Crippen LogP) is -9.15. The van der Waals surface area contributed by atoms with Gasteiger partial charge in [-0.05, 0) is 72.8 Å². The number of benzene rings is 8. The van der Waals surface area contributed by atoms with Crippen LogP contribution in [0.2, 0.25) is 0 Å². The average molecular weight is 1460 g/mol. The predicted molar refractivity (Wildman–Crippen MR) is 340 cm³/mol. The summed E-state index contributed by atoms with van der Waals surface area (Å²) in [5.41, 5.74) is 9.30. The minimum absolute atomic E-state index is 0. The SMILES string of the molecule is C[N+](C)(C)c1cccc(Oc2cc3c(cc2Oc2cccc([N+](C)(C)C)c2)-c2nc-3nc3[nH]c(nc4nc(nc5[nH]c(n2)c2cc(Oc6cccc([N+](C)(C)C)c6)c(Oc6cccc([N+](C)(C)C)c6)cc52)-c2ccccc2-4)c2ccccc32)c1.[Cl-].[Cl-].[Cl-].[Cl-].[Cl-].[Cl-].[Cl-].[Cl-].[Zn+2]. The van der Waals surface area contributed by atoms with E-state index in [0.29, 0.717) is 132 Å². The number of nitrogens with zero attached hydrogens (tertiary/aromatic N) is 10. The molecule has 2 N–H and O–H groups in total. The molecule has 13 rings (SSSR count). The van der Waals surface area contributed by atoms with E-state index < -0.39 is 0 Å². The summed E-state index contributed by atoms with van der Waals surface area (Å²) in [6.45, 7) is 0. The molecule has 2 aliphatic heterocycles. The first-order chi connectivity index (χ1) is 40.1. The van der Waals surface area contributed by atoms with Crippen LogP contribution in [0.4, 0.5) is 22.7 Å². The van der Waals surface area contributed by atoms with E-state index in [1.54, 1.807) is 0 Å². The van der Waals surface area contributed by atoms with E-state index in [4.69, 9.17) is 48.9 Å². The Morgan fingerprint density at radius 3 is 0.785 bits per heavy atom. The summed E-state index contributed by atoms with van der Waals surface area (Å²) >= 11 is 0. The summed E-state index contributed by atoms with van der Waals surface area (Å²) in [5, 5.41) is 3.09. The summed E-state index contributed by atoms with van der Waals surface area (Å²) in [7, 11) is 25.5. The third-order valence-corrected chi connectivity index (χ3v) is 15.1. The fourth-order valence-corrected chi connectivity index (χ4v) is 10.4. The number of aromatic nitrogens is 8. The number of ether oxygens (including phenoxy) is 4. The van der Waals surface area contributed by atoms with Crippen molar-refractivity contribution in [3.63, 3.8) is 0 Å². The van der Waals surface area contributed by atoms with Crippen LogP contribution in [0, 0.1) is 0 Å². The van der Waals surface area contributed by atoms with Crippen LogP contribution < -0.4 is 136 Å². The van der Waals surface area contributed by atoms with Gasteiger partial charge in [-0.2, -0.15) is 0 Å². The largest absolute Gasteiger partial charge is 2.00 e. The number of H-pyrrole nitrogens is 2. The number of hydrogen-bond donors (Lipinski definition) is 2. The molecule has 25 heteroatoms. The second-order valence-electron chi connectivity index (χ2n) is 24.8. The molecule has 0 unspecified atom stereocenters. The molecule has 11 aromatic rings. The van der Waals surface area contributed by atoms with Gasteiger partial charge in [0.15, 0.2) is 46.3 Å². The fraction of sp³-hybridized carbons (Fsp3) is 0.176. The monoisotopic (exact) mass is 1460 g/mol. The molecule has 2 aliphatic rings. The maximum atomic E-state index is 6.97. The second-order valence-corrected chi connectivity index (χ2v) is 24.8. The van der Waals surface area contributed by atoms with Crippen molar-refractivity contribution in [2.75, 3.05) is 84.6 Å². The van der Waals surface area contributed by atoms with Gasteiger partial charge in [0.2, 0.25) is 0 Å². The summed E-state index contributed by atoms with van der Waals surface area (Å²) in [6.07, 6.45) is 0. The van der Waals surface area contributed by atoms with Crippen molar-refractivity contribution in [1.82, 2.24) is 57.8 Å². The van der Waals surface area contributed by atoms with Crippen LogP contribution in [-0.2, 0) is 19.5 Å². The molecule has 0 saturated heterocycles. The molecule has 0 radical (unpaired) electrons. The van der Waals surface area contributed by atoms with Gasteiger partial charge in [0.25, 0.3) is 0 Å². The minimum Gasteiger partial charge on any atom is -1.00 e. The third-order valence-electron chi connectivity index (χ3n) is 15.1. The number of fused-ring (bicyclic) bond motifs is 20. The molecule has 482 valence electrons. The van der Waals surface area contributed by atoms with Crippen LogP contribution in [0.3, 0.4) is 0 Å². The van der Waals surface area contributed by atoms with E-state index in [1.807, 2.05) is 140 Å². The van der Waals surface area contributed by atoms with Crippen molar-refractivity contribution in [3.8, 4) is 91.5 Å². The molecule has 93 heavy (non-hydrogen) atoms. The van der Waals surface area contributed by atoms with Crippen molar-refractivity contribution < 1.29 is 138 Å². The van der Waals surface area contributed by atoms with E-state index in [2.05, 4.69) is 125 Å². The van der Waals surface area contributed by atoms with Crippen LogP contribution in [-0.4, -0.2) is 124 Å². The van der Waals surface area contributed by atoms with Gasteiger partial charge in [0.1, 0.15) is 68.3 Å². The number of aromatic amines is 2. The normalized spacial score (nSPS) is 11.3. The van der Waals surface area contributed by atoms with Gasteiger partial charge in [-0.1, -0.05) is 72.8 Å². The van der Waals surface area contributed by atoms with Crippen LogP contribution >= 0.6 is 0 Å². The number of rotatable bonds is 12. The molecule has 0 saturated carbocycles. The van der Waals surface area contributed by atoms with Crippen LogP contribution in [0.5, 0.6) is 46.0 Å². The molecular weight excluding hydrogens is 1400 g/mol. The van der Waals surface area contributed by atoms with Gasteiger partial charge in [0, 0.05) is 68.1 Å². The molecule has 0 atom stereocenters. The van der Waals surface area contributed by atoms with E-state index >= 15 is 0 Å². The summed E-state index contributed by atoms with van der Waals surface area (Å²) in [5.74, 6) is 6.09. The fourth-order valence-electron chi connectivity index (χ4n) is 10.4. The van der Waals surface area contributed by atoms with Crippen molar-refractivity contribution in [2.24, 2.45) is 0 Å². The molecule has 16 nitrogen and oxygen atoms in total. The van der Waals surface area contributed by atoms with Gasteiger partial charge >= 0.3 is 19.5 Å². The van der Waals surface area contributed by atoms with Gasteiger partial charge in [0.05, 0.1) is 84.6 Å². The molecule has 0 spiro atoms. The number of hydrogen-bond acceptors (Lipinski definition) is 10. The van der Waals surface area contributed by atoms with E-state index in [0.717, 1.165) is 44.6 Å². The van der Waals surface area contributed by atoms with Crippen molar-refractivity contribution in [3.05, 3.63) is 170 Å². The van der Waals surface area contributed by atoms with Crippen LogP contribution in [0.1, 0.15) is 0 Å². The Morgan fingerprint density at radius 1 is 0.258 bits per heavy atom. The Labute approximate surface area is 603 Å². The minimum atomic E-state index is 0.